The fourth-order valence-corrected chi connectivity index (χ4v) is 4.57. The molecule has 3 unspecified atom stereocenters. The number of nitrogens with two attached hydrogens (primary N) is 1. The summed E-state index contributed by atoms with van der Waals surface area (Å²) in [5, 5.41) is 0. The highest BCUT2D eigenvalue weighted by Crippen LogP contribution is 2.42. The molecule has 2 N–H and O–H groups in total. The number of rotatable bonds is 6. The van der Waals surface area contributed by atoms with Gasteiger partial charge in [-0.1, -0.05) is 70.4 Å². The maximum absolute atomic E-state index is 6.90. The summed E-state index contributed by atoms with van der Waals surface area (Å²) >= 11 is 0. The molecule has 1 nitrogen and oxygen atoms in total. The predicted molar refractivity (Wildman–Crippen MR) is 92.4 cm³/mol. The minimum atomic E-state index is 0.154. The summed E-state index contributed by atoms with van der Waals surface area (Å²) in [4.78, 5) is 0. The van der Waals surface area contributed by atoms with Gasteiger partial charge in [0, 0.05) is 11.5 Å². The lowest BCUT2D eigenvalue weighted by atomic mass is 9.63. The van der Waals surface area contributed by atoms with Crippen LogP contribution < -0.4 is 5.73 Å². The van der Waals surface area contributed by atoms with Crippen LogP contribution in [0.15, 0.2) is 30.3 Å². The van der Waals surface area contributed by atoms with Gasteiger partial charge in [-0.3, -0.25) is 0 Å². The molecule has 1 aliphatic carbocycles. The Kier molecular flexibility index (Phi) is 5.87. The quantitative estimate of drug-likeness (QED) is 0.756. The Labute approximate surface area is 131 Å². The van der Waals surface area contributed by atoms with Gasteiger partial charge >= 0.3 is 0 Å². The first-order valence-corrected chi connectivity index (χ1v) is 8.99. The summed E-state index contributed by atoms with van der Waals surface area (Å²) in [6.07, 6.45) is 9.05. The lowest BCUT2D eigenvalue weighted by molar-refractivity contribution is 0.164. The third-order valence-corrected chi connectivity index (χ3v) is 6.16. The van der Waals surface area contributed by atoms with Crippen LogP contribution in [0.1, 0.15) is 71.3 Å². The normalized spacial score (nSPS) is 24.8. The molecule has 0 aromatic heterocycles. The Morgan fingerprint density at radius 1 is 1.10 bits per heavy atom. The van der Waals surface area contributed by atoms with Crippen molar-refractivity contribution in [3.63, 3.8) is 0 Å². The van der Waals surface area contributed by atoms with Crippen molar-refractivity contribution in [2.24, 2.45) is 17.6 Å². The van der Waals surface area contributed by atoms with Gasteiger partial charge < -0.3 is 5.73 Å². The molecule has 118 valence electrons. The molecule has 0 saturated heterocycles. The van der Waals surface area contributed by atoms with Gasteiger partial charge in [0.2, 0.25) is 0 Å². The van der Waals surface area contributed by atoms with E-state index in [1.807, 2.05) is 0 Å². The molecule has 1 fully saturated rings. The minimum Gasteiger partial charge on any atom is -0.327 e. The molecule has 0 heterocycles. The Balaban J connectivity index is 2.25. The zero-order valence-electron chi connectivity index (χ0n) is 14.1. The molecule has 0 spiro atoms. The second kappa shape index (κ2) is 7.45. The monoisotopic (exact) mass is 287 g/mol. The van der Waals surface area contributed by atoms with Gasteiger partial charge in [0.25, 0.3) is 0 Å². The van der Waals surface area contributed by atoms with Gasteiger partial charge in [0.15, 0.2) is 0 Å². The molecular formula is C20H33N. The van der Waals surface area contributed by atoms with Crippen LogP contribution in [0.3, 0.4) is 0 Å². The molecule has 1 heteroatoms. The third-order valence-electron chi connectivity index (χ3n) is 6.16. The van der Waals surface area contributed by atoms with Crippen LogP contribution in [0.5, 0.6) is 0 Å². The van der Waals surface area contributed by atoms with Crippen molar-refractivity contribution in [3.8, 4) is 0 Å². The molecule has 0 bridgehead atoms. The molecule has 0 amide bonds. The highest BCUT2D eigenvalue weighted by atomic mass is 14.7. The van der Waals surface area contributed by atoms with Crippen molar-refractivity contribution < 1.29 is 0 Å². The second-order valence-corrected chi connectivity index (χ2v) is 6.96. The summed E-state index contributed by atoms with van der Waals surface area (Å²) in [6, 6.07) is 11.3. The van der Waals surface area contributed by atoms with Crippen LogP contribution in [0.4, 0.5) is 0 Å². The van der Waals surface area contributed by atoms with E-state index in [0.29, 0.717) is 12.0 Å². The molecule has 21 heavy (non-hydrogen) atoms. The van der Waals surface area contributed by atoms with Gasteiger partial charge in [-0.25, -0.2) is 0 Å². The van der Waals surface area contributed by atoms with E-state index in [-0.39, 0.29) is 5.41 Å². The van der Waals surface area contributed by atoms with Gasteiger partial charge in [-0.15, -0.1) is 0 Å². The summed E-state index contributed by atoms with van der Waals surface area (Å²) in [5.41, 5.74) is 8.50. The zero-order valence-corrected chi connectivity index (χ0v) is 14.1. The molecule has 1 aromatic carbocycles. The van der Waals surface area contributed by atoms with Crippen molar-refractivity contribution in [1.29, 1.82) is 0 Å². The van der Waals surface area contributed by atoms with E-state index in [0.717, 1.165) is 18.8 Å². The summed E-state index contributed by atoms with van der Waals surface area (Å²) in [6.45, 7) is 6.97. The maximum Gasteiger partial charge on any atom is 0.0165 e. The maximum atomic E-state index is 6.90. The van der Waals surface area contributed by atoms with Crippen LogP contribution in [-0.2, 0) is 5.41 Å². The van der Waals surface area contributed by atoms with E-state index in [1.165, 1.54) is 37.7 Å². The minimum absolute atomic E-state index is 0.154. The smallest absolute Gasteiger partial charge is 0.0165 e. The van der Waals surface area contributed by atoms with E-state index in [1.54, 1.807) is 0 Å². The fraction of sp³-hybridized carbons (Fsp3) is 0.700. The van der Waals surface area contributed by atoms with Crippen molar-refractivity contribution in [1.82, 2.24) is 0 Å². The van der Waals surface area contributed by atoms with E-state index in [2.05, 4.69) is 51.1 Å². The Morgan fingerprint density at radius 3 is 2.33 bits per heavy atom. The standard InChI is InChI=1S/C20H33N/c1-4-16-11-10-12-17(15-16)19(21)20(5-2,6-3)18-13-8-7-9-14-18/h7-9,13-14,16-17,19H,4-6,10-12,15,21H2,1-3H3. The van der Waals surface area contributed by atoms with Crippen molar-refractivity contribution in [2.75, 3.05) is 0 Å². The summed E-state index contributed by atoms with van der Waals surface area (Å²) < 4.78 is 0. The SMILES string of the molecule is CCC1CCCC(C(N)C(CC)(CC)c2ccccc2)C1. The third kappa shape index (κ3) is 3.34. The molecule has 1 saturated carbocycles. The average molecular weight is 287 g/mol. The number of benzene rings is 1. The number of hydrogen-bond donors (Lipinski definition) is 1. The fourth-order valence-electron chi connectivity index (χ4n) is 4.57. The molecule has 2 rings (SSSR count). The average Bonchev–Trinajstić information content (AvgIpc) is 2.57. The Bertz CT molecular complexity index is 407. The topological polar surface area (TPSA) is 26.0 Å². The van der Waals surface area contributed by atoms with Crippen LogP contribution in [0.25, 0.3) is 0 Å². The van der Waals surface area contributed by atoms with Crippen molar-refractivity contribution in [2.45, 2.75) is 77.2 Å². The largest absolute Gasteiger partial charge is 0.327 e. The van der Waals surface area contributed by atoms with Gasteiger partial charge in [0.1, 0.15) is 0 Å². The first kappa shape index (κ1) is 16.5. The Hall–Kier alpha value is -0.820. The molecule has 0 radical (unpaired) electrons. The molecule has 1 aromatic rings. The van der Waals surface area contributed by atoms with Crippen LogP contribution in [0, 0.1) is 11.8 Å². The van der Waals surface area contributed by atoms with Gasteiger partial charge in [0.05, 0.1) is 0 Å². The van der Waals surface area contributed by atoms with Gasteiger partial charge in [-0.2, -0.15) is 0 Å². The molecular weight excluding hydrogens is 254 g/mol. The summed E-state index contributed by atoms with van der Waals surface area (Å²) in [5.74, 6) is 1.60. The zero-order chi connectivity index (χ0) is 15.3. The second-order valence-electron chi connectivity index (χ2n) is 6.96. The molecule has 0 aliphatic heterocycles. The van der Waals surface area contributed by atoms with E-state index in [9.17, 15) is 0 Å². The predicted octanol–water partition coefficient (Wildman–Crippen LogP) is 5.29. The summed E-state index contributed by atoms with van der Waals surface area (Å²) in [7, 11) is 0. The first-order valence-electron chi connectivity index (χ1n) is 8.99. The van der Waals surface area contributed by atoms with E-state index < -0.39 is 0 Å². The van der Waals surface area contributed by atoms with E-state index >= 15 is 0 Å². The van der Waals surface area contributed by atoms with Crippen molar-refractivity contribution >= 4 is 0 Å². The lowest BCUT2D eigenvalue weighted by Crippen LogP contribution is -2.50. The van der Waals surface area contributed by atoms with Gasteiger partial charge in [-0.05, 0) is 43.1 Å². The van der Waals surface area contributed by atoms with Crippen LogP contribution in [0.2, 0.25) is 0 Å². The highest BCUT2D eigenvalue weighted by molar-refractivity contribution is 5.28. The molecule has 1 aliphatic rings. The van der Waals surface area contributed by atoms with Crippen LogP contribution in [-0.4, -0.2) is 6.04 Å². The van der Waals surface area contributed by atoms with Crippen molar-refractivity contribution in [3.05, 3.63) is 35.9 Å². The van der Waals surface area contributed by atoms with E-state index in [4.69, 9.17) is 5.73 Å². The number of hydrogen-bond acceptors (Lipinski definition) is 1. The van der Waals surface area contributed by atoms with Crippen LogP contribution >= 0.6 is 0 Å². The molecule has 3 atom stereocenters. The lowest BCUT2D eigenvalue weighted by Gasteiger charge is -2.44. The highest BCUT2D eigenvalue weighted by Gasteiger charge is 2.40. The first-order chi connectivity index (χ1) is 10.2. The Morgan fingerprint density at radius 2 is 1.76 bits per heavy atom.